The van der Waals surface area contributed by atoms with Gasteiger partial charge in [-0.15, -0.1) is 0 Å². The van der Waals surface area contributed by atoms with Gasteiger partial charge in [-0.2, -0.15) is 23.6 Å². The third kappa shape index (κ3) is 4.85. The zero-order chi connectivity index (χ0) is 22.1. The zero-order valence-corrected chi connectivity index (χ0v) is 20.0. The van der Waals surface area contributed by atoms with Crippen LogP contribution in [-0.2, 0) is 17.9 Å². The molecule has 4 rings (SSSR count). The van der Waals surface area contributed by atoms with E-state index in [0.29, 0.717) is 24.7 Å². The van der Waals surface area contributed by atoms with Crippen LogP contribution in [0.2, 0.25) is 0 Å². The van der Waals surface area contributed by atoms with Gasteiger partial charge in [-0.05, 0) is 30.9 Å². The zero-order valence-electron chi connectivity index (χ0n) is 19.0. The number of aryl methyl sites for hydroxylation is 2. The lowest BCUT2D eigenvalue weighted by Gasteiger charge is -2.36. The quantitative estimate of drug-likeness (QED) is 0.591. The number of pyridine rings is 1. The summed E-state index contributed by atoms with van der Waals surface area (Å²) in [6.45, 7) is 9.19. The van der Waals surface area contributed by atoms with E-state index >= 15 is 0 Å². The highest BCUT2D eigenvalue weighted by atomic mass is 32.1. The van der Waals surface area contributed by atoms with E-state index in [4.69, 9.17) is 0 Å². The average Bonchev–Trinajstić information content (AvgIpc) is 3.14. The number of aromatic nitrogens is 5. The van der Waals surface area contributed by atoms with Crippen LogP contribution in [-0.4, -0.2) is 43.7 Å². The van der Waals surface area contributed by atoms with Gasteiger partial charge in [-0.25, -0.2) is 4.98 Å². The number of carbonyl (C=O) groups is 1. The summed E-state index contributed by atoms with van der Waals surface area (Å²) in [5, 5.41) is 10.7. The van der Waals surface area contributed by atoms with E-state index in [9.17, 15) is 4.79 Å². The summed E-state index contributed by atoms with van der Waals surface area (Å²) < 4.78 is 1.89. The molecule has 3 aromatic rings. The molecule has 0 aliphatic carbocycles. The van der Waals surface area contributed by atoms with Crippen molar-refractivity contribution in [1.29, 1.82) is 0 Å². The van der Waals surface area contributed by atoms with Crippen molar-refractivity contribution >= 4 is 36.9 Å². The highest BCUT2D eigenvalue weighted by Gasteiger charge is 2.35. The first-order valence-corrected chi connectivity index (χ1v) is 10.4. The highest BCUT2D eigenvalue weighted by molar-refractivity contribution is 7.59. The molecule has 32 heavy (non-hydrogen) atoms. The molecule has 0 saturated carbocycles. The summed E-state index contributed by atoms with van der Waals surface area (Å²) in [5.41, 5.74) is 4.68. The van der Waals surface area contributed by atoms with Crippen molar-refractivity contribution in [3.05, 3.63) is 53.2 Å². The topological polar surface area (TPSA) is 101 Å². The molecule has 1 aliphatic rings. The molecule has 9 nitrogen and oxygen atoms in total. The largest absolute Gasteiger partial charge is 0.350 e. The number of amides is 1. The third-order valence-electron chi connectivity index (χ3n) is 5.38. The molecule has 3 aromatic heterocycles. The van der Waals surface area contributed by atoms with Crippen molar-refractivity contribution in [2.24, 2.45) is 5.92 Å². The lowest BCUT2D eigenvalue weighted by molar-refractivity contribution is -0.118. The number of hydrogen-bond donors (Lipinski definition) is 2. The number of hydrogen-bond acceptors (Lipinski definition) is 7. The second kappa shape index (κ2) is 9.56. The van der Waals surface area contributed by atoms with E-state index in [2.05, 4.69) is 36.8 Å². The molecular weight excluding hydrogens is 424 g/mol. The molecule has 1 amide bonds. The second-order valence-electron chi connectivity index (χ2n) is 8.39. The molecule has 0 spiro atoms. The van der Waals surface area contributed by atoms with E-state index in [1.807, 2.05) is 69.1 Å². The first kappa shape index (κ1) is 23.5. The number of nitrogens with zero attached hydrogens (tertiary/aromatic N) is 6. The van der Waals surface area contributed by atoms with Crippen LogP contribution in [0.15, 0.2) is 30.9 Å². The number of anilines is 3. The van der Waals surface area contributed by atoms with Crippen LogP contribution < -0.4 is 15.5 Å². The van der Waals surface area contributed by atoms with Crippen LogP contribution in [0.1, 0.15) is 36.2 Å². The van der Waals surface area contributed by atoms with E-state index in [-0.39, 0.29) is 31.4 Å². The van der Waals surface area contributed by atoms with Crippen molar-refractivity contribution in [2.45, 2.75) is 46.8 Å². The van der Waals surface area contributed by atoms with Gasteiger partial charge in [0.2, 0.25) is 11.9 Å². The molecule has 0 bridgehead atoms. The molecule has 0 saturated heterocycles. The van der Waals surface area contributed by atoms with E-state index < -0.39 is 0 Å². The van der Waals surface area contributed by atoms with Gasteiger partial charge in [0.25, 0.3) is 0 Å². The van der Waals surface area contributed by atoms with Gasteiger partial charge in [0, 0.05) is 37.7 Å². The molecule has 2 N–H and O–H groups in total. The number of nitrogens with one attached hydrogen (secondary N) is 2. The Hall–Kier alpha value is -3.14. The maximum Gasteiger partial charge on any atom is 0.247 e. The fourth-order valence-electron chi connectivity index (χ4n) is 3.95. The molecule has 0 aromatic carbocycles. The molecule has 4 heterocycles. The molecule has 0 radical (unpaired) electrons. The van der Waals surface area contributed by atoms with Crippen LogP contribution in [0.25, 0.3) is 0 Å². The fourth-order valence-corrected chi connectivity index (χ4v) is 3.95. The average molecular weight is 455 g/mol. The summed E-state index contributed by atoms with van der Waals surface area (Å²) in [5.74, 6) is 1.40. The Morgan fingerprint density at radius 2 is 1.94 bits per heavy atom. The summed E-state index contributed by atoms with van der Waals surface area (Å²) in [4.78, 5) is 27.8. The normalized spacial score (nSPS) is 15.2. The minimum absolute atomic E-state index is 0. The van der Waals surface area contributed by atoms with Gasteiger partial charge in [-0.3, -0.25) is 14.5 Å². The molecular formula is C22H30N8OS. The smallest absolute Gasteiger partial charge is 0.247 e. The number of carbonyl (C=O) groups excluding carboxylic acids is 1. The maximum absolute atomic E-state index is 12.5. The molecule has 0 unspecified atom stereocenters. The predicted octanol–water partition coefficient (Wildman–Crippen LogP) is 2.87. The van der Waals surface area contributed by atoms with Crippen LogP contribution >= 0.6 is 13.5 Å². The van der Waals surface area contributed by atoms with E-state index in [1.54, 1.807) is 0 Å². The van der Waals surface area contributed by atoms with Gasteiger partial charge in [-0.1, -0.05) is 19.9 Å². The molecule has 1 aliphatic heterocycles. The van der Waals surface area contributed by atoms with Gasteiger partial charge in [0.15, 0.2) is 5.82 Å². The van der Waals surface area contributed by atoms with Gasteiger partial charge < -0.3 is 15.5 Å². The maximum atomic E-state index is 12.5. The van der Waals surface area contributed by atoms with E-state index in [1.165, 1.54) is 0 Å². The van der Waals surface area contributed by atoms with Gasteiger partial charge in [0.1, 0.15) is 11.7 Å². The van der Waals surface area contributed by atoms with Crippen molar-refractivity contribution < 1.29 is 4.79 Å². The first-order chi connectivity index (χ1) is 14.8. The van der Waals surface area contributed by atoms with Crippen LogP contribution in [0, 0.1) is 19.8 Å². The first-order valence-electron chi connectivity index (χ1n) is 10.4. The van der Waals surface area contributed by atoms with Crippen molar-refractivity contribution in [3.63, 3.8) is 0 Å². The number of fused-ring (bicyclic) bond motifs is 1. The Balaban J connectivity index is 0.00000289. The van der Waals surface area contributed by atoms with Crippen molar-refractivity contribution in [2.75, 3.05) is 22.6 Å². The number of likely N-dealkylation sites (N-methyl/N-ethyl adjacent to an activating group) is 1. The standard InChI is InChI=1S/C22H28N8O.H2S/c1-13(2)19-21(31)27-18-15(4)26-22(28-20(18)29(19)5)24-9-17-10-25-30(12-17)11-16-6-14(3)7-23-8-16;/h6-8,10,12-13,19H,9,11H2,1-5H3,(H,27,31)(H,24,26,28);1H2/t19-;/m0./s1. The minimum Gasteiger partial charge on any atom is -0.350 e. The second-order valence-corrected chi connectivity index (χ2v) is 8.39. The fraction of sp³-hybridized carbons (Fsp3) is 0.409. The Morgan fingerprint density at radius 3 is 2.66 bits per heavy atom. The Kier molecular flexibility index (Phi) is 7.02. The van der Waals surface area contributed by atoms with Crippen LogP contribution in [0.5, 0.6) is 0 Å². The van der Waals surface area contributed by atoms with Crippen LogP contribution in [0.3, 0.4) is 0 Å². The minimum atomic E-state index is -0.260. The van der Waals surface area contributed by atoms with Crippen molar-refractivity contribution in [3.8, 4) is 0 Å². The summed E-state index contributed by atoms with van der Waals surface area (Å²) in [6.07, 6.45) is 7.54. The SMILES string of the molecule is Cc1cncc(Cn2cc(CNc3nc(C)c4c(n3)N(C)[C@@H](C(C)C)C(=O)N4)cn2)c1.S. The van der Waals surface area contributed by atoms with Gasteiger partial charge in [0.05, 0.1) is 18.4 Å². The molecule has 10 heteroatoms. The summed E-state index contributed by atoms with van der Waals surface area (Å²) >= 11 is 0. The lowest BCUT2D eigenvalue weighted by atomic mass is 9.99. The Morgan fingerprint density at radius 1 is 1.16 bits per heavy atom. The van der Waals surface area contributed by atoms with Crippen molar-refractivity contribution in [1.82, 2.24) is 24.7 Å². The molecule has 170 valence electrons. The Labute approximate surface area is 195 Å². The highest BCUT2D eigenvalue weighted by Crippen LogP contribution is 2.34. The predicted molar refractivity (Wildman–Crippen MR) is 130 cm³/mol. The van der Waals surface area contributed by atoms with E-state index in [0.717, 1.165) is 28.2 Å². The molecule has 1 atom stereocenters. The summed E-state index contributed by atoms with van der Waals surface area (Å²) in [7, 11) is 1.91. The lowest BCUT2D eigenvalue weighted by Crippen LogP contribution is -2.49. The molecule has 0 fully saturated rings. The monoisotopic (exact) mass is 454 g/mol. The number of rotatable bonds is 6. The third-order valence-corrected chi connectivity index (χ3v) is 5.38. The Bertz CT molecular complexity index is 1110. The van der Waals surface area contributed by atoms with Crippen LogP contribution in [0.4, 0.5) is 17.5 Å². The summed E-state index contributed by atoms with van der Waals surface area (Å²) in [6, 6.07) is 1.85. The van der Waals surface area contributed by atoms with Gasteiger partial charge >= 0.3 is 0 Å².